The second-order valence-corrected chi connectivity index (χ2v) is 19.6. The van der Waals surface area contributed by atoms with Gasteiger partial charge in [-0.2, -0.15) is 0 Å². The molecule has 0 atom stereocenters. The quantitative estimate of drug-likeness (QED) is 0.172. The van der Waals surface area contributed by atoms with Crippen molar-refractivity contribution in [2.75, 3.05) is 26.2 Å². The highest BCUT2D eigenvalue weighted by molar-refractivity contribution is 6.31. The summed E-state index contributed by atoms with van der Waals surface area (Å²) in [7, 11) is 0. The van der Waals surface area contributed by atoms with Crippen LogP contribution in [0.25, 0.3) is 22.2 Å². The summed E-state index contributed by atoms with van der Waals surface area (Å²) in [4.78, 5) is 66.7. The number of pyridine rings is 4. The van der Waals surface area contributed by atoms with Gasteiger partial charge in [0.25, 0.3) is 0 Å². The van der Waals surface area contributed by atoms with E-state index in [1.807, 2.05) is 82.6 Å². The Morgan fingerprint density at radius 1 is 0.616 bits per heavy atom. The van der Waals surface area contributed by atoms with Gasteiger partial charge in [-0.25, -0.2) is 0 Å². The Morgan fingerprint density at radius 3 is 1.82 bits per heavy atom. The average molecular weight is 1010 g/mol. The molecule has 0 saturated carbocycles. The number of carbonyl (C=O) groups excluding carboxylic acids is 2. The van der Waals surface area contributed by atoms with E-state index in [-0.39, 0.29) is 17.2 Å². The molecule has 7 heterocycles. The first-order valence-electron chi connectivity index (χ1n) is 24.8. The molecule has 2 amide bonds. The smallest absolute Gasteiger partial charge is 0.227 e. The largest absolute Gasteiger partial charge is 0.361 e. The lowest BCUT2D eigenvalue weighted by atomic mass is 9.88. The summed E-state index contributed by atoms with van der Waals surface area (Å²) in [5, 5.41) is 9.89. The number of H-pyrrole nitrogens is 1. The second kappa shape index (κ2) is 21.2. The molecule has 2 fully saturated rings. The van der Waals surface area contributed by atoms with Crippen LogP contribution in [-0.2, 0) is 48.1 Å². The molecular formula is C58H51Cl2N9O4. The molecular weight excluding hydrogens is 958 g/mol. The maximum Gasteiger partial charge on any atom is 0.227 e. The first kappa shape index (κ1) is 47.6. The number of rotatable bonds is 6. The van der Waals surface area contributed by atoms with Gasteiger partial charge in [-0.1, -0.05) is 75.6 Å². The SMILES string of the molecule is O=C(Cc1cccnc1)N1CCC(=C2c3ccc(Cl)cc3CCc3c(On4nnc5ccccc54)ccnc32)CC1.O=C(Cc1cccnc1)N1CCC(=C2c3ccc(Cl)cc3CCc3c2[nH]ccc3=O)CC1. The van der Waals surface area contributed by atoms with Gasteiger partial charge in [0.15, 0.2) is 11.2 Å². The molecule has 2 aliphatic carbocycles. The third-order valence-electron chi connectivity index (χ3n) is 14.3. The van der Waals surface area contributed by atoms with Gasteiger partial charge in [0, 0.05) is 108 Å². The first-order chi connectivity index (χ1) is 35.7. The van der Waals surface area contributed by atoms with E-state index < -0.39 is 0 Å². The predicted octanol–water partition coefficient (Wildman–Crippen LogP) is 9.67. The van der Waals surface area contributed by atoms with Crippen LogP contribution in [0.1, 0.15) is 81.6 Å². The standard InChI is InChI=1S/C32H27ClN6O2.C26H24ClN3O2/c33-24-8-10-25-23(19-24)7-9-26-29(41-39-28-6-2-1-5-27(28)36-37-39)11-15-35-32(26)31(25)22-12-16-38(17-13-22)30(40)18-21-4-3-14-34-20-21;27-20-4-6-21-19(15-20)3-5-22-23(31)7-11-29-26(22)25(21)18-8-12-30(13-9-18)24(32)14-17-2-1-10-28-16-17/h1-6,8,10-11,14-15,19-20H,7,9,12-13,16-18H2;1-2,4,6-7,10-11,15-16H,3,5,8-9,12-14H2,(H,29,31). The Morgan fingerprint density at radius 2 is 1.21 bits per heavy atom. The van der Waals surface area contributed by atoms with Crippen molar-refractivity contribution < 1.29 is 14.4 Å². The van der Waals surface area contributed by atoms with Gasteiger partial charge in [0.1, 0.15) is 11.0 Å². The number of aromatic amines is 1. The second-order valence-electron chi connectivity index (χ2n) is 18.8. The molecule has 4 aliphatic rings. The zero-order valence-electron chi connectivity index (χ0n) is 40.1. The third kappa shape index (κ3) is 10.2. The Balaban J connectivity index is 0.000000162. The van der Waals surface area contributed by atoms with Gasteiger partial charge >= 0.3 is 0 Å². The molecule has 0 unspecified atom stereocenters. The van der Waals surface area contributed by atoms with E-state index in [4.69, 9.17) is 33.0 Å². The fourth-order valence-electron chi connectivity index (χ4n) is 10.7. The number of hydrogen-bond acceptors (Lipinski definition) is 9. The Labute approximate surface area is 432 Å². The van der Waals surface area contributed by atoms with Crippen molar-refractivity contribution in [2.24, 2.45) is 0 Å². The predicted molar refractivity (Wildman–Crippen MR) is 282 cm³/mol. The van der Waals surface area contributed by atoms with E-state index in [0.29, 0.717) is 61.2 Å². The van der Waals surface area contributed by atoms with Crippen molar-refractivity contribution in [3.63, 3.8) is 0 Å². The van der Waals surface area contributed by atoms with Crippen molar-refractivity contribution >= 4 is 57.2 Å². The van der Waals surface area contributed by atoms with Crippen molar-refractivity contribution in [2.45, 2.75) is 64.2 Å². The Hall–Kier alpha value is -7.74. The molecule has 73 heavy (non-hydrogen) atoms. The molecule has 1 N–H and O–H groups in total. The van der Waals surface area contributed by atoms with E-state index in [1.54, 1.807) is 43.2 Å². The lowest BCUT2D eigenvalue weighted by molar-refractivity contribution is -0.131. The molecule has 2 saturated heterocycles. The highest BCUT2D eigenvalue weighted by atomic mass is 35.5. The molecule has 2 aliphatic heterocycles. The summed E-state index contributed by atoms with van der Waals surface area (Å²) in [6.07, 6.45) is 17.3. The van der Waals surface area contributed by atoms with Crippen LogP contribution in [0, 0.1) is 0 Å². The number of piperidine rings is 2. The van der Waals surface area contributed by atoms with E-state index in [2.05, 4.69) is 43.5 Å². The summed E-state index contributed by atoms with van der Waals surface area (Å²) in [5.74, 6) is 0.958. The fraction of sp³-hybridized carbons (Fsp3) is 0.241. The monoisotopic (exact) mass is 1010 g/mol. The van der Waals surface area contributed by atoms with E-state index >= 15 is 0 Å². The minimum Gasteiger partial charge on any atom is -0.361 e. The van der Waals surface area contributed by atoms with Crippen LogP contribution < -0.4 is 10.3 Å². The van der Waals surface area contributed by atoms with Crippen LogP contribution >= 0.6 is 23.2 Å². The van der Waals surface area contributed by atoms with Crippen LogP contribution in [0.3, 0.4) is 0 Å². The molecule has 0 radical (unpaired) electrons. The number of fused-ring (bicyclic) bond motifs is 5. The summed E-state index contributed by atoms with van der Waals surface area (Å²) in [6.45, 7) is 2.68. The van der Waals surface area contributed by atoms with Crippen molar-refractivity contribution in [3.8, 4) is 5.75 Å². The molecule has 15 heteroatoms. The first-order valence-corrected chi connectivity index (χ1v) is 25.5. The van der Waals surface area contributed by atoms with Crippen LogP contribution in [0.2, 0.25) is 10.0 Å². The van der Waals surface area contributed by atoms with Crippen LogP contribution in [0.4, 0.5) is 0 Å². The zero-order valence-corrected chi connectivity index (χ0v) is 41.6. The number of likely N-dealkylation sites (tertiary alicyclic amines) is 2. The molecule has 366 valence electrons. The number of nitrogens with zero attached hydrogens (tertiary/aromatic N) is 8. The molecule has 13 nitrogen and oxygen atoms in total. The summed E-state index contributed by atoms with van der Waals surface area (Å²) >= 11 is 12.7. The summed E-state index contributed by atoms with van der Waals surface area (Å²) < 4.78 is 0. The van der Waals surface area contributed by atoms with Gasteiger partial charge < -0.3 is 19.6 Å². The Bertz CT molecular complexity index is 3500. The maximum atomic E-state index is 13.1. The number of nitrogens with one attached hydrogen (secondary N) is 1. The maximum absolute atomic E-state index is 13.1. The lowest BCUT2D eigenvalue weighted by Crippen LogP contribution is -2.37. The molecule has 0 spiro atoms. The van der Waals surface area contributed by atoms with Crippen LogP contribution in [0.15, 0.2) is 150 Å². The topological polar surface area (TPSA) is 152 Å². The lowest BCUT2D eigenvalue weighted by Gasteiger charge is -2.30. The number of aryl methyl sites for hydroxylation is 2. The van der Waals surface area contributed by atoms with Crippen LogP contribution in [-0.4, -0.2) is 82.9 Å². The number of para-hydroxylation sites is 1. The molecule has 12 rings (SSSR count). The number of benzene rings is 3. The minimum absolute atomic E-state index is 0.0693. The van der Waals surface area contributed by atoms with E-state index in [0.717, 1.165) is 112 Å². The summed E-state index contributed by atoms with van der Waals surface area (Å²) in [5.41, 5.74) is 16.6. The minimum atomic E-state index is 0.0693. The summed E-state index contributed by atoms with van der Waals surface area (Å²) in [6, 6.07) is 30.9. The average Bonchev–Trinajstić information content (AvgIpc) is 3.64. The van der Waals surface area contributed by atoms with Gasteiger partial charge in [-0.3, -0.25) is 29.3 Å². The normalized spacial score (nSPS) is 15.3. The Kier molecular flexibility index (Phi) is 13.8. The van der Waals surface area contributed by atoms with Crippen molar-refractivity contribution in [3.05, 3.63) is 222 Å². The van der Waals surface area contributed by atoms with E-state index in [9.17, 15) is 14.4 Å². The number of aromatic nitrogens is 7. The fourth-order valence-corrected chi connectivity index (χ4v) is 11.1. The van der Waals surface area contributed by atoms with Gasteiger partial charge in [-0.15, -0.1) is 5.10 Å². The number of amides is 2. The number of hydrogen-bond donors (Lipinski definition) is 1. The van der Waals surface area contributed by atoms with Crippen LogP contribution in [0.5, 0.6) is 5.75 Å². The molecule has 8 aromatic rings. The highest BCUT2D eigenvalue weighted by Gasteiger charge is 2.30. The number of carbonyl (C=O) groups is 2. The van der Waals surface area contributed by atoms with Gasteiger partial charge in [0.05, 0.1) is 24.2 Å². The van der Waals surface area contributed by atoms with E-state index in [1.165, 1.54) is 27.1 Å². The molecule has 0 bridgehead atoms. The van der Waals surface area contributed by atoms with Crippen molar-refractivity contribution in [1.29, 1.82) is 0 Å². The molecule has 3 aromatic carbocycles. The van der Waals surface area contributed by atoms with Crippen molar-refractivity contribution in [1.82, 2.24) is 44.9 Å². The molecule has 5 aromatic heterocycles. The third-order valence-corrected chi connectivity index (χ3v) is 14.8. The zero-order chi connectivity index (χ0) is 49.8. The number of halogens is 2. The highest BCUT2D eigenvalue weighted by Crippen LogP contribution is 2.42. The van der Waals surface area contributed by atoms with Gasteiger partial charge in [0.2, 0.25) is 11.8 Å². The van der Waals surface area contributed by atoms with Gasteiger partial charge in [-0.05, 0) is 138 Å².